The first kappa shape index (κ1) is 17.6. The molecule has 1 atom stereocenters. The van der Waals surface area contributed by atoms with Crippen LogP contribution in [0.5, 0.6) is 11.5 Å². The van der Waals surface area contributed by atoms with Gasteiger partial charge in [0.1, 0.15) is 11.5 Å². The Kier molecular flexibility index (Phi) is 7.91. The van der Waals surface area contributed by atoms with Crippen LogP contribution in [0, 0.1) is 0 Å². The zero-order chi connectivity index (χ0) is 15.7. The molecule has 0 aliphatic heterocycles. The number of hydrogen-bond donors (Lipinski definition) is 1. The highest BCUT2D eigenvalue weighted by molar-refractivity contribution is 5.41. The summed E-state index contributed by atoms with van der Waals surface area (Å²) in [6.45, 7) is 11.5. The molecule has 1 aromatic carbocycles. The maximum Gasteiger partial charge on any atom is 0.126 e. The van der Waals surface area contributed by atoms with E-state index in [1.54, 1.807) is 0 Å². The van der Waals surface area contributed by atoms with Crippen LogP contribution in [-0.2, 0) is 6.42 Å². The van der Waals surface area contributed by atoms with Crippen LogP contribution in [0.25, 0.3) is 0 Å². The van der Waals surface area contributed by atoms with Crippen LogP contribution in [0.3, 0.4) is 0 Å². The molecule has 0 heterocycles. The number of ether oxygens (including phenoxy) is 2. The summed E-state index contributed by atoms with van der Waals surface area (Å²) < 4.78 is 11.6. The van der Waals surface area contributed by atoms with Crippen molar-refractivity contribution in [3.8, 4) is 11.5 Å². The summed E-state index contributed by atoms with van der Waals surface area (Å²) in [7, 11) is 0. The Hall–Kier alpha value is -1.48. The molecule has 3 heteroatoms. The summed E-state index contributed by atoms with van der Waals surface area (Å²) in [4.78, 5) is 0. The number of rotatable bonds is 10. The van der Waals surface area contributed by atoms with Gasteiger partial charge in [0.25, 0.3) is 0 Å². The minimum Gasteiger partial charge on any atom is -0.493 e. The van der Waals surface area contributed by atoms with Gasteiger partial charge in [-0.2, -0.15) is 0 Å². The fourth-order valence-corrected chi connectivity index (χ4v) is 1.91. The van der Waals surface area contributed by atoms with E-state index in [2.05, 4.69) is 26.5 Å². The van der Waals surface area contributed by atoms with Crippen LogP contribution in [0.1, 0.15) is 45.6 Å². The van der Waals surface area contributed by atoms with E-state index >= 15 is 0 Å². The Morgan fingerprint density at radius 1 is 1.24 bits per heavy atom. The molecule has 0 bridgehead atoms. The number of hydrogen-bond acceptors (Lipinski definition) is 3. The van der Waals surface area contributed by atoms with Crippen LogP contribution in [0.2, 0.25) is 0 Å². The van der Waals surface area contributed by atoms with Gasteiger partial charge in [-0.3, -0.25) is 0 Å². The Morgan fingerprint density at radius 2 is 2.00 bits per heavy atom. The minimum atomic E-state index is 0.163. The van der Waals surface area contributed by atoms with Gasteiger partial charge in [-0.05, 0) is 37.8 Å². The third kappa shape index (κ3) is 6.67. The molecule has 1 aromatic rings. The molecule has 0 saturated heterocycles. The monoisotopic (exact) mass is 291 g/mol. The molecule has 0 fully saturated rings. The van der Waals surface area contributed by atoms with E-state index in [0.717, 1.165) is 54.9 Å². The topological polar surface area (TPSA) is 44.5 Å². The van der Waals surface area contributed by atoms with Crippen molar-refractivity contribution < 1.29 is 9.47 Å². The Balaban J connectivity index is 2.80. The molecule has 0 aliphatic rings. The van der Waals surface area contributed by atoms with Crippen molar-refractivity contribution in [2.45, 2.75) is 52.5 Å². The lowest BCUT2D eigenvalue weighted by molar-refractivity contribution is 0.301. The predicted octanol–water partition coefficient (Wildman–Crippen LogP) is 4.10. The van der Waals surface area contributed by atoms with Crippen LogP contribution in [0.15, 0.2) is 30.4 Å². The highest BCUT2D eigenvalue weighted by atomic mass is 16.5. The van der Waals surface area contributed by atoms with Gasteiger partial charge in [-0.1, -0.05) is 25.5 Å². The zero-order valence-corrected chi connectivity index (χ0v) is 13.7. The fraction of sp³-hybridized carbons (Fsp3) is 0.556. The van der Waals surface area contributed by atoms with Crippen molar-refractivity contribution in [1.82, 2.24) is 0 Å². The Labute approximate surface area is 129 Å². The number of nitrogens with two attached hydrogens (primary N) is 1. The molecule has 0 spiro atoms. The van der Waals surface area contributed by atoms with E-state index < -0.39 is 0 Å². The lowest BCUT2D eigenvalue weighted by atomic mass is 10.0. The molecule has 0 amide bonds. The molecule has 0 saturated carbocycles. The second-order valence-electron chi connectivity index (χ2n) is 5.55. The van der Waals surface area contributed by atoms with E-state index in [1.165, 1.54) is 0 Å². The highest BCUT2D eigenvalue weighted by Crippen LogP contribution is 2.27. The fourth-order valence-electron chi connectivity index (χ4n) is 1.91. The first-order valence-corrected chi connectivity index (χ1v) is 7.85. The van der Waals surface area contributed by atoms with Crippen LogP contribution >= 0.6 is 0 Å². The van der Waals surface area contributed by atoms with Crippen molar-refractivity contribution in [2.75, 3.05) is 13.2 Å². The van der Waals surface area contributed by atoms with Gasteiger partial charge in [0.15, 0.2) is 0 Å². The van der Waals surface area contributed by atoms with Crippen molar-refractivity contribution in [3.63, 3.8) is 0 Å². The summed E-state index contributed by atoms with van der Waals surface area (Å²) in [5.41, 5.74) is 8.34. The summed E-state index contributed by atoms with van der Waals surface area (Å²) in [5, 5.41) is 0. The third-order valence-corrected chi connectivity index (χ3v) is 3.30. The summed E-state index contributed by atoms with van der Waals surface area (Å²) in [6.07, 6.45) is 3.64. The highest BCUT2D eigenvalue weighted by Gasteiger charge is 2.10. The molecular formula is C18H29NO2. The summed E-state index contributed by atoms with van der Waals surface area (Å²) >= 11 is 0. The van der Waals surface area contributed by atoms with Gasteiger partial charge in [0.05, 0.1) is 13.2 Å². The second kappa shape index (κ2) is 9.46. The van der Waals surface area contributed by atoms with Crippen molar-refractivity contribution in [1.29, 1.82) is 0 Å². The smallest absolute Gasteiger partial charge is 0.126 e. The summed E-state index contributed by atoms with van der Waals surface area (Å²) in [6, 6.07) is 6.21. The molecular weight excluding hydrogens is 262 g/mol. The normalized spacial score (nSPS) is 12.0. The molecule has 0 aromatic heterocycles. The van der Waals surface area contributed by atoms with Crippen molar-refractivity contribution in [3.05, 3.63) is 35.9 Å². The Morgan fingerprint density at radius 3 is 2.62 bits per heavy atom. The number of benzene rings is 1. The van der Waals surface area contributed by atoms with Crippen molar-refractivity contribution in [2.24, 2.45) is 5.73 Å². The molecule has 1 rings (SSSR count). The molecule has 1 unspecified atom stereocenters. The molecule has 21 heavy (non-hydrogen) atoms. The van der Waals surface area contributed by atoms with Gasteiger partial charge in [-0.25, -0.2) is 0 Å². The second-order valence-corrected chi connectivity index (χ2v) is 5.55. The predicted molar refractivity (Wildman–Crippen MR) is 89.1 cm³/mol. The first-order valence-electron chi connectivity index (χ1n) is 7.85. The lowest BCUT2D eigenvalue weighted by Crippen LogP contribution is -2.21. The maximum absolute atomic E-state index is 6.07. The van der Waals surface area contributed by atoms with Gasteiger partial charge in [-0.15, -0.1) is 6.58 Å². The van der Waals surface area contributed by atoms with Crippen LogP contribution in [-0.4, -0.2) is 19.3 Å². The van der Waals surface area contributed by atoms with E-state index in [0.29, 0.717) is 6.61 Å². The van der Waals surface area contributed by atoms with E-state index in [4.69, 9.17) is 15.2 Å². The van der Waals surface area contributed by atoms with Crippen LogP contribution in [0.4, 0.5) is 0 Å². The molecule has 3 nitrogen and oxygen atoms in total. The van der Waals surface area contributed by atoms with Gasteiger partial charge >= 0.3 is 0 Å². The van der Waals surface area contributed by atoms with Gasteiger partial charge in [0, 0.05) is 18.5 Å². The quantitative estimate of drug-likeness (QED) is 0.660. The first-order chi connectivity index (χ1) is 10.1. The maximum atomic E-state index is 6.07. The zero-order valence-electron chi connectivity index (χ0n) is 13.7. The lowest BCUT2D eigenvalue weighted by Gasteiger charge is -2.16. The average Bonchev–Trinajstić information content (AvgIpc) is 2.46. The molecule has 2 N–H and O–H groups in total. The van der Waals surface area contributed by atoms with Crippen LogP contribution < -0.4 is 15.2 Å². The van der Waals surface area contributed by atoms with Gasteiger partial charge < -0.3 is 15.2 Å². The standard InChI is InChI=1S/C18H29NO2/c1-5-10-20-17-8-7-15(12-16(19)6-2)18(13-17)21-11-9-14(3)4/h7-8,13,16H,3,5-6,9-12,19H2,1-2,4H3. The third-order valence-electron chi connectivity index (χ3n) is 3.30. The minimum absolute atomic E-state index is 0.163. The van der Waals surface area contributed by atoms with E-state index in [1.807, 2.05) is 19.1 Å². The molecule has 118 valence electrons. The van der Waals surface area contributed by atoms with Gasteiger partial charge in [0.2, 0.25) is 0 Å². The largest absolute Gasteiger partial charge is 0.493 e. The van der Waals surface area contributed by atoms with Crippen molar-refractivity contribution >= 4 is 0 Å². The van der Waals surface area contributed by atoms with E-state index in [9.17, 15) is 0 Å². The molecule has 0 radical (unpaired) electrons. The summed E-state index contributed by atoms with van der Waals surface area (Å²) in [5.74, 6) is 1.74. The molecule has 0 aliphatic carbocycles. The SMILES string of the molecule is C=C(C)CCOc1cc(OCCC)ccc1CC(N)CC. The van der Waals surface area contributed by atoms with E-state index in [-0.39, 0.29) is 6.04 Å². The average molecular weight is 291 g/mol. The Bertz CT molecular complexity index is 443.